The van der Waals surface area contributed by atoms with Gasteiger partial charge in [-0.2, -0.15) is 10.5 Å². The molecule has 0 saturated carbocycles. The molecule has 2 rings (SSSR count). The van der Waals surface area contributed by atoms with E-state index in [1.807, 2.05) is 0 Å². The number of hydrogen-bond acceptors (Lipinski definition) is 5. The molecule has 0 bridgehead atoms. The lowest BCUT2D eigenvalue weighted by molar-refractivity contribution is 0.102. The van der Waals surface area contributed by atoms with E-state index in [9.17, 15) is 4.79 Å². The summed E-state index contributed by atoms with van der Waals surface area (Å²) in [6, 6.07) is 9.87. The minimum absolute atomic E-state index is 0.00386. The maximum absolute atomic E-state index is 12.0. The van der Waals surface area contributed by atoms with Crippen LogP contribution in [0, 0.1) is 35.0 Å². The van der Waals surface area contributed by atoms with Crippen LogP contribution >= 0.6 is 0 Å². The van der Waals surface area contributed by atoms with Crippen molar-refractivity contribution in [1.82, 2.24) is 9.97 Å². The second kappa shape index (κ2) is 6.60. The van der Waals surface area contributed by atoms with E-state index in [2.05, 4.69) is 21.2 Å². The molecule has 2 N–H and O–H groups in total. The van der Waals surface area contributed by atoms with Crippen LogP contribution in [-0.4, -0.2) is 22.5 Å². The van der Waals surface area contributed by atoms with Gasteiger partial charge in [0.1, 0.15) is 24.5 Å². The number of aromatic amines is 1. The summed E-state index contributed by atoms with van der Waals surface area (Å²) in [5.41, 5.74) is 0.285. The zero-order valence-corrected chi connectivity index (χ0v) is 11.3. The maximum atomic E-state index is 12.0. The van der Waals surface area contributed by atoms with Crippen LogP contribution in [0.5, 0.6) is 5.75 Å². The van der Waals surface area contributed by atoms with Crippen LogP contribution in [0.4, 0.5) is 5.95 Å². The van der Waals surface area contributed by atoms with Gasteiger partial charge in [0.25, 0.3) is 5.91 Å². The van der Waals surface area contributed by atoms with Crippen molar-refractivity contribution in [2.75, 3.05) is 11.9 Å². The Kier molecular flexibility index (Phi) is 4.40. The van der Waals surface area contributed by atoms with Gasteiger partial charge in [0.2, 0.25) is 5.95 Å². The summed E-state index contributed by atoms with van der Waals surface area (Å²) in [4.78, 5) is 18.4. The summed E-state index contributed by atoms with van der Waals surface area (Å²) in [6.45, 7) is 0.145. The van der Waals surface area contributed by atoms with Gasteiger partial charge in [0, 0.05) is 5.56 Å². The molecular formula is C15H9N5O2. The molecule has 0 aliphatic rings. The van der Waals surface area contributed by atoms with Crippen LogP contribution < -0.4 is 10.1 Å². The zero-order chi connectivity index (χ0) is 15.9. The molecule has 0 saturated heterocycles. The molecule has 0 aliphatic carbocycles. The highest BCUT2D eigenvalue weighted by Gasteiger charge is 2.12. The number of benzene rings is 1. The third-order valence-corrected chi connectivity index (χ3v) is 2.59. The maximum Gasteiger partial charge on any atom is 0.257 e. The number of H-pyrrole nitrogens is 1. The summed E-state index contributed by atoms with van der Waals surface area (Å²) in [7, 11) is 0. The van der Waals surface area contributed by atoms with Gasteiger partial charge in [-0.3, -0.25) is 10.1 Å². The minimum Gasteiger partial charge on any atom is -0.481 e. The Hall–Kier alpha value is -3.76. The van der Waals surface area contributed by atoms with Gasteiger partial charge in [0.15, 0.2) is 11.4 Å². The number of hydrogen-bond donors (Lipinski definition) is 2. The van der Waals surface area contributed by atoms with Crippen LogP contribution in [0.1, 0.15) is 21.7 Å². The van der Waals surface area contributed by atoms with E-state index in [4.69, 9.17) is 21.7 Å². The molecule has 0 atom stereocenters. The number of ether oxygens (including phenoxy) is 1. The van der Waals surface area contributed by atoms with Gasteiger partial charge in [-0.25, -0.2) is 4.98 Å². The van der Waals surface area contributed by atoms with E-state index < -0.39 is 5.91 Å². The molecule has 1 aromatic heterocycles. The van der Waals surface area contributed by atoms with Gasteiger partial charge in [-0.05, 0) is 24.3 Å². The number of amides is 1. The van der Waals surface area contributed by atoms with Gasteiger partial charge in [0.05, 0.1) is 0 Å². The van der Waals surface area contributed by atoms with Gasteiger partial charge < -0.3 is 9.72 Å². The van der Waals surface area contributed by atoms with Crippen molar-refractivity contribution in [1.29, 1.82) is 10.5 Å². The number of imidazole rings is 1. The van der Waals surface area contributed by atoms with E-state index in [1.165, 1.54) is 0 Å². The van der Waals surface area contributed by atoms with Crippen molar-refractivity contribution < 1.29 is 9.53 Å². The first-order valence-electron chi connectivity index (χ1n) is 6.05. The molecule has 106 valence electrons. The first-order valence-corrected chi connectivity index (χ1v) is 6.05. The lowest BCUT2D eigenvalue weighted by Crippen LogP contribution is -2.12. The molecule has 7 heteroatoms. The number of aromatic nitrogens is 2. The molecule has 7 nitrogen and oxygen atoms in total. The SMILES string of the molecule is C#CCOc1ccc(C(=O)Nc2nc(C#N)c(C#N)[nH]2)cc1. The number of nitrogens with one attached hydrogen (secondary N) is 2. The second-order valence-corrected chi connectivity index (χ2v) is 4.00. The molecular weight excluding hydrogens is 282 g/mol. The van der Waals surface area contributed by atoms with E-state index in [0.717, 1.165) is 0 Å². The summed E-state index contributed by atoms with van der Waals surface area (Å²) in [5, 5.41) is 20.1. The monoisotopic (exact) mass is 291 g/mol. The first-order chi connectivity index (χ1) is 10.7. The zero-order valence-electron chi connectivity index (χ0n) is 11.3. The molecule has 2 aromatic rings. The van der Waals surface area contributed by atoms with Crippen molar-refractivity contribution in [2.45, 2.75) is 0 Å². The number of nitriles is 2. The van der Waals surface area contributed by atoms with Crippen LogP contribution in [-0.2, 0) is 0 Å². The second-order valence-electron chi connectivity index (χ2n) is 4.00. The molecule has 1 aromatic carbocycles. The van der Waals surface area contributed by atoms with Gasteiger partial charge >= 0.3 is 0 Å². The number of nitrogens with zero attached hydrogens (tertiary/aromatic N) is 3. The predicted molar refractivity (Wildman–Crippen MR) is 76.7 cm³/mol. The largest absolute Gasteiger partial charge is 0.481 e. The average Bonchev–Trinajstić information content (AvgIpc) is 2.95. The number of terminal acetylenes is 1. The summed E-state index contributed by atoms with van der Waals surface area (Å²) < 4.78 is 5.20. The van der Waals surface area contributed by atoms with Crippen LogP contribution in [0.3, 0.4) is 0 Å². The van der Waals surface area contributed by atoms with Crippen LogP contribution in [0.2, 0.25) is 0 Å². The molecule has 0 spiro atoms. The molecule has 0 unspecified atom stereocenters. The number of carbonyl (C=O) groups excluding carboxylic acids is 1. The molecule has 0 aliphatic heterocycles. The molecule has 1 heterocycles. The lowest BCUT2D eigenvalue weighted by Gasteiger charge is -2.04. The topological polar surface area (TPSA) is 115 Å². The summed E-state index contributed by atoms with van der Waals surface area (Å²) in [6.07, 6.45) is 5.08. The highest BCUT2D eigenvalue weighted by Crippen LogP contribution is 2.14. The molecule has 0 fully saturated rings. The van der Waals surface area contributed by atoms with Crippen molar-refractivity contribution in [3.63, 3.8) is 0 Å². The Labute approximate surface area is 126 Å². The van der Waals surface area contributed by atoms with E-state index in [0.29, 0.717) is 11.3 Å². The normalized spacial score (nSPS) is 9.14. The number of carbonyl (C=O) groups is 1. The van der Waals surface area contributed by atoms with E-state index in [1.54, 1.807) is 36.4 Å². The Morgan fingerprint density at radius 1 is 1.32 bits per heavy atom. The van der Waals surface area contributed by atoms with E-state index >= 15 is 0 Å². The van der Waals surface area contributed by atoms with E-state index in [-0.39, 0.29) is 23.9 Å². The number of anilines is 1. The fourth-order valence-electron chi connectivity index (χ4n) is 1.60. The fourth-order valence-corrected chi connectivity index (χ4v) is 1.60. The Morgan fingerprint density at radius 3 is 2.59 bits per heavy atom. The third kappa shape index (κ3) is 3.22. The molecule has 1 amide bonds. The van der Waals surface area contributed by atoms with Crippen LogP contribution in [0.25, 0.3) is 0 Å². The Morgan fingerprint density at radius 2 is 2.05 bits per heavy atom. The van der Waals surface area contributed by atoms with Crippen LogP contribution in [0.15, 0.2) is 24.3 Å². The fraction of sp³-hybridized carbons (Fsp3) is 0.0667. The smallest absolute Gasteiger partial charge is 0.257 e. The highest BCUT2D eigenvalue weighted by molar-refractivity contribution is 6.03. The minimum atomic E-state index is -0.439. The first kappa shape index (κ1) is 14.6. The Bertz CT molecular complexity index is 784. The van der Waals surface area contributed by atoms with Crippen molar-refractivity contribution >= 4 is 11.9 Å². The Balaban J connectivity index is 2.10. The van der Waals surface area contributed by atoms with Gasteiger partial charge in [-0.1, -0.05) is 5.92 Å². The summed E-state index contributed by atoms with van der Waals surface area (Å²) in [5.74, 6) is 2.48. The predicted octanol–water partition coefficient (Wildman–Crippen LogP) is 1.42. The average molecular weight is 291 g/mol. The summed E-state index contributed by atoms with van der Waals surface area (Å²) >= 11 is 0. The van der Waals surface area contributed by atoms with Gasteiger partial charge in [-0.15, -0.1) is 6.42 Å². The standard InChI is InChI=1S/C15H9N5O2/c1-2-7-22-11-5-3-10(4-6-11)14(21)20-15-18-12(8-16)13(9-17)19-15/h1,3-6H,7H2,(H2,18,19,20,21). The number of rotatable bonds is 4. The highest BCUT2D eigenvalue weighted by atomic mass is 16.5. The molecule has 0 radical (unpaired) electrons. The lowest BCUT2D eigenvalue weighted by atomic mass is 10.2. The third-order valence-electron chi connectivity index (χ3n) is 2.59. The van der Waals surface area contributed by atoms with Crippen molar-refractivity contribution in [2.24, 2.45) is 0 Å². The van der Waals surface area contributed by atoms with Crippen molar-refractivity contribution in [3.05, 3.63) is 41.2 Å². The quantitative estimate of drug-likeness (QED) is 0.827. The molecule has 22 heavy (non-hydrogen) atoms. The van der Waals surface area contributed by atoms with Crippen molar-refractivity contribution in [3.8, 4) is 30.2 Å².